The fraction of sp³-hybridized carbons (Fsp3) is 0.381. The van der Waals surface area contributed by atoms with Crippen LogP contribution in [0.4, 0.5) is 11.4 Å². The van der Waals surface area contributed by atoms with E-state index in [1.165, 1.54) is 4.31 Å². The second-order valence-corrected chi connectivity index (χ2v) is 8.68. The number of ether oxygens (including phenoxy) is 1. The molecule has 6 nitrogen and oxygen atoms in total. The summed E-state index contributed by atoms with van der Waals surface area (Å²) in [5.41, 5.74) is 2.85. The lowest BCUT2D eigenvalue weighted by Gasteiger charge is -2.24. The summed E-state index contributed by atoms with van der Waals surface area (Å²) in [4.78, 5) is 14.8. The van der Waals surface area contributed by atoms with Crippen LogP contribution in [0.3, 0.4) is 0 Å². The summed E-state index contributed by atoms with van der Waals surface area (Å²) in [6.45, 7) is 6.52. The molecule has 1 aliphatic heterocycles. The molecule has 0 unspecified atom stereocenters. The molecule has 1 heterocycles. The molecular weight excluding hydrogens is 376 g/mol. The van der Waals surface area contributed by atoms with Crippen molar-refractivity contribution in [1.29, 1.82) is 0 Å². The molecular formula is C21H26N2O4S. The van der Waals surface area contributed by atoms with Crippen LogP contribution in [0.25, 0.3) is 0 Å². The quantitative estimate of drug-likeness (QED) is 0.664. The van der Waals surface area contributed by atoms with Crippen LogP contribution in [0.1, 0.15) is 36.2 Å². The monoisotopic (exact) mass is 402 g/mol. The average molecular weight is 403 g/mol. The number of hydrogen-bond donors (Lipinski definition) is 0. The summed E-state index contributed by atoms with van der Waals surface area (Å²) in [5.74, 6) is -0.322. The van der Waals surface area contributed by atoms with Gasteiger partial charge in [-0.1, -0.05) is 24.3 Å². The molecule has 2 aromatic carbocycles. The molecule has 1 fully saturated rings. The van der Waals surface area contributed by atoms with Gasteiger partial charge in [-0.3, -0.25) is 4.31 Å². The van der Waals surface area contributed by atoms with E-state index < -0.39 is 16.0 Å². The van der Waals surface area contributed by atoms with Crippen molar-refractivity contribution >= 4 is 27.4 Å². The molecule has 0 bridgehead atoms. The van der Waals surface area contributed by atoms with E-state index in [-0.39, 0.29) is 12.4 Å². The first-order valence-electron chi connectivity index (χ1n) is 9.56. The highest BCUT2D eigenvalue weighted by Crippen LogP contribution is 2.26. The molecule has 0 aliphatic carbocycles. The second-order valence-electron chi connectivity index (χ2n) is 6.67. The maximum atomic E-state index is 12.6. The number of rotatable bonds is 7. The van der Waals surface area contributed by atoms with Crippen LogP contribution in [-0.2, 0) is 21.4 Å². The van der Waals surface area contributed by atoms with Crippen molar-refractivity contribution in [2.24, 2.45) is 0 Å². The summed E-state index contributed by atoms with van der Waals surface area (Å²) in [5, 5.41) is 0. The first-order valence-corrected chi connectivity index (χ1v) is 11.2. The fourth-order valence-corrected chi connectivity index (χ4v) is 5.01. The highest BCUT2D eigenvalue weighted by Gasteiger charge is 2.28. The highest BCUT2D eigenvalue weighted by molar-refractivity contribution is 7.93. The minimum atomic E-state index is -3.28. The largest absolute Gasteiger partial charge is 0.457 e. The van der Waals surface area contributed by atoms with Crippen molar-refractivity contribution in [2.75, 3.05) is 34.6 Å². The van der Waals surface area contributed by atoms with Gasteiger partial charge < -0.3 is 9.64 Å². The van der Waals surface area contributed by atoms with Crippen LogP contribution in [0.2, 0.25) is 0 Å². The number of anilines is 2. The first-order chi connectivity index (χ1) is 13.5. The van der Waals surface area contributed by atoms with Crippen LogP contribution >= 0.6 is 0 Å². The number of carbonyl (C=O) groups is 1. The molecule has 0 amide bonds. The van der Waals surface area contributed by atoms with Crippen LogP contribution in [0, 0.1) is 0 Å². The van der Waals surface area contributed by atoms with Crippen LogP contribution in [0.15, 0.2) is 48.5 Å². The Balaban J connectivity index is 1.74. The number of para-hydroxylation sites is 1. The molecule has 28 heavy (non-hydrogen) atoms. The maximum Gasteiger partial charge on any atom is 0.338 e. The molecule has 7 heteroatoms. The van der Waals surface area contributed by atoms with Crippen LogP contribution < -0.4 is 9.21 Å². The Bertz CT molecular complexity index is 939. The first kappa shape index (κ1) is 20.2. The van der Waals surface area contributed by atoms with Crippen LogP contribution in [0.5, 0.6) is 0 Å². The van der Waals surface area contributed by atoms with Crippen molar-refractivity contribution in [2.45, 2.75) is 26.9 Å². The van der Waals surface area contributed by atoms with E-state index in [9.17, 15) is 13.2 Å². The predicted molar refractivity (Wildman–Crippen MR) is 111 cm³/mol. The van der Waals surface area contributed by atoms with E-state index in [2.05, 4.69) is 18.7 Å². The van der Waals surface area contributed by atoms with Gasteiger partial charge in [0.2, 0.25) is 10.0 Å². The minimum absolute atomic E-state index is 0.143. The summed E-state index contributed by atoms with van der Waals surface area (Å²) in [7, 11) is -3.28. The summed E-state index contributed by atoms with van der Waals surface area (Å²) >= 11 is 0. The lowest BCUT2D eigenvalue weighted by atomic mass is 10.1. The zero-order chi connectivity index (χ0) is 20.1. The highest BCUT2D eigenvalue weighted by atomic mass is 32.2. The predicted octanol–water partition coefficient (Wildman–Crippen LogP) is 3.43. The number of nitrogens with zero attached hydrogens (tertiary/aromatic N) is 2. The normalized spacial score (nSPS) is 15.4. The minimum Gasteiger partial charge on any atom is -0.457 e. The molecule has 150 valence electrons. The summed E-state index contributed by atoms with van der Waals surface area (Å²) < 4.78 is 31.1. The average Bonchev–Trinajstić information content (AvgIpc) is 3.07. The molecule has 0 saturated carbocycles. The van der Waals surface area contributed by atoms with Gasteiger partial charge in [-0.25, -0.2) is 13.2 Å². The zero-order valence-corrected chi connectivity index (χ0v) is 17.1. The van der Waals surface area contributed by atoms with Gasteiger partial charge in [-0.2, -0.15) is 0 Å². The van der Waals surface area contributed by atoms with Gasteiger partial charge in [0, 0.05) is 30.9 Å². The van der Waals surface area contributed by atoms with Gasteiger partial charge >= 0.3 is 5.97 Å². The third-order valence-corrected chi connectivity index (χ3v) is 6.79. The second kappa shape index (κ2) is 8.65. The number of sulfonamides is 1. The lowest BCUT2D eigenvalue weighted by Crippen LogP contribution is -2.25. The third-order valence-electron chi connectivity index (χ3n) is 4.92. The Kier molecular flexibility index (Phi) is 6.24. The SMILES string of the molecule is CCN(CC)c1ccccc1COC(=O)c1cccc(N2CCCS2(=O)=O)c1. The zero-order valence-electron chi connectivity index (χ0n) is 16.3. The molecule has 0 radical (unpaired) electrons. The smallest absolute Gasteiger partial charge is 0.338 e. The van der Waals surface area contributed by atoms with Gasteiger partial charge in [0.1, 0.15) is 6.61 Å². The number of esters is 1. The van der Waals surface area contributed by atoms with Gasteiger partial charge in [-0.15, -0.1) is 0 Å². The van der Waals surface area contributed by atoms with Gasteiger partial charge in [0.05, 0.1) is 17.0 Å². The topological polar surface area (TPSA) is 66.9 Å². The number of hydrogen-bond acceptors (Lipinski definition) is 5. The number of benzene rings is 2. The Morgan fingerprint density at radius 3 is 2.54 bits per heavy atom. The maximum absolute atomic E-state index is 12.6. The Labute approximate surface area is 166 Å². The fourth-order valence-electron chi connectivity index (χ4n) is 3.45. The summed E-state index contributed by atoms with van der Waals surface area (Å²) in [6, 6.07) is 14.5. The number of carbonyl (C=O) groups excluding carboxylic acids is 1. The lowest BCUT2D eigenvalue weighted by molar-refractivity contribution is 0.0473. The van der Waals surface area contributed by atoms with E-state index in [1.807, 2.05) is 24.3 Å². The molecule has 0 spiro atoms. The Morgan fingerprint density at radius 2 is 1.86 bits per heavy atom. The standard InChI is InChI=1S/C21H26N2O4S/c1-3-22(4-2)20-12-6-5-9-18(20)16-27-21(24)17-10-7-11-19(15-17)23-13-8-14-28(23,25)26/h5-7,9-12,15H,3-4,8,13-14,16H2,1-2H3. The van der Waals surface area contributed by atoms with E-state index in [4.69, 9.17) is 4.74 Å². The Morgan fingerprint density at radius 1 is 1.11 bits per heavy atom. The molecule has 1 aliphatic rings. The molecule has 1 saturated heterocycles. The van der Waals surface area contributed by atoms with Crippen molar-refractivity contribution in [3.8, 4) is 0 Å². The van der Waals surface area contributed by atoms with Crippen molar-refractivity contribution in [3.63, 3.8) is 0 Å². The van der Waals surface area contributed by atoms with Crippen LogP contribution in [-0.4, -0.2) is 39.8 Å². The van der Waals surface area contributed by atoms with Crippen molar-refractivity contribution in [1.82, 2.24) is 0 Å². The molecule has 3 rings (SSSR count). The van der Waals surface area contributed by atoms with Crippen molar-refractivity contribution in [3.05, 3.63) is 59.7 Å². The van der Waals surface area contributed by atoms with Gasteiger partial charge in [0.25, 0.3) is 0 Å². The molecule has 0 aromatic heterocycles. The van der Waals surface area contributed by atoms with Gasteiger partial charge in [0.15, 0.2) is 0 Å². The van der Waals surface area contributed by atoms with Gasteiger partial charge in [-0.05, 0) is 44.5 Å². The molecule has 2 aromatic rings. The Hall–Kier alpha value is -2.54. The third kappa shape index (κ3) is 4.30. The van der Waals surface area contributed by atoms with E-state index >= 15 is 0 Å². The van der Waals surface area contributed by atoms with E-state index in [0.29, 0.717) is 24.2 Å². The molecule has 0 N–H and O–H groups in total. The van der Waals surface area contributed by atoms with E-state index in [0.717, 1.165) is 24.3 Å². The van der Waals surface area contributed by atoms with E-state index in [1.54, 1.807) is 24.3 Å². The van der Waals surface area contributed by atoms with Crippen molar-refractivity contribution < 1.29 is 17.9 Å². The summed E-state index contributed by atoms with van der Waals surface area (Å²) in [6.07, 6.45) is 0.596. The molecule has 0 atom stereocenters.